The molecule has 5 nitrogen and oxygen atoms in total. The summed E-state index contributed by atoms with van der Waals surface area (Å²) in [4.78, 5) is 13.7. The Hall–Kier alpha value is -1.83. The third-order valence-corrected chi connectivity index (χ3v) is 6.59. The molecule has 3 aromatic rings. The Labute approximate surface area is 178 Å². The molecule has 2 heterocycles. The number of para-hydroxylation sites is 1. The second-order valence-corrected chi connectivity index (χ2v) is 9.06. The summed E-state index contributed by atoms with van der Waals surface area (Å²) >= 11 is 9.23. The summed E-state index contributed by atoms with van der Waals surface area (Å²) in [5.74, 6) is 0.975. The number of amides is 1. The first-order valence-corrected chi connectivity index (χ1v) is 11.4. The van der Waals surface area contributed by atoms with Gasteiger partial charge in [0, 0.05) is 21.9 Å². The van der Waals surface area contributed by atoms with Crippen LogP contribution < -0.4 is 5.32 Å². The first kappa shape index (κ1) is 20.9. The van der Waals surface area contributed by atoms with Gasteiger partial charge in [-0.1, -0.05) is 42.4 Å². The first-order chi connectivity index (χ1) is 13.4. The molecule has 0 bridgehead atoms. The number of hydrogen-bond donors (Lipinski definition) is 1. The number of nitrogens with zero attached hydrogens (tertiary/aromatic N) is 3. The summed E-state index contributed by atoms with van der Waals surface area (Å²) in [5.41, 5.74) is 3.06. The van der Waals surface area contributed by atoms with Crippen LogP contribution in [0, 0.1) is 6.92 Å². The van der Waals surface area contributed by atoms with Crippen molar-refractivity contribution in [1.29, 1.82) is 0 Å². The van der Waals surface area contributed by atoms with Gasteiger partial charge in [-0.2, -0.15) is 0 Å². The lowest BCUT2D eigenvalue weighted by atomic mass is 10.1. The van der Waals surface area contributed by atoms with Crippen molar-refractivity contribution in [1.82, 2.24) is 14.8 Å². The van der Waals surface area contributed by atoms with Crippen LogP contribution in [0.3, 0.4) is 0 Å². The highest BCUT2D eigenvalue weighted by Crippen LogP contribution is 2.34. The molecule has 0 spiro atoms. The van der Waals surface area contributed by atoms with E-state index in [9.17, 15) is 4.79 Å². The molecule has 8 heteroatoms. The molecule has 2 aromatic heterocycles. The van der Waals surface area contributed by atoms with Crippen molar-refractivity contribution in [2.24, 2.45) is 0 Å². The van der Waals surface area contributed by atoms with Gasteiger partial charge in [0.1, 0.15) is 0 Å². The molecule has 3 rings (SSSR count). The van der Waals surface area contributed by atoms with E-state index in [0.29, 0.717) is 10.7 Å². The zero-order chi connectivity index (χ0) is 20.3. The molecule has 0 aliphatic rings. The third kappa shape index (κ3) is 4.42. The molecule has 1 amide bonds. The van der Waals surface area contributed by atoms with E-state index in [0.717, 1.165) is 23.0 Å². The van der Waals surface area contributed by atoms with Gasteiger partial charge in [-0.15, -0.1) is 21.5 Å². The molecule has 28 heavy (non-hydrogen) atoms. The smallest absolute Gasteiger partial charge is 0.234 e. The maximum absolute atomic E-state index is 12.4. The number of thiophene rings is 1. The van der Waals surface area contributed by atoms with Crippen LogP contribution in [0.25, 0.3) is 11.4 Å². The molecule has 0 radical (unpaired) electrons. The van der Waals surface area contributed by atoms with Gasteiger partial charge in [-0.3, -0.25) is 9.36 Å². The maximum atomic E-state index is 12.4. The van der Waals surface area contributed by atoms with Crippen LogP contribution in [0.2, 0.25) is 5.02 Å². The van der Waals surface area contributed by atoms with Gasteiger partial charge in [0.25, 0.3) is 0 Å². The van der Waals surface area contributed by atoms with Gasteiger partial charge in [-0.05, 0) is 44.9 Å². The van der Waals surface area contributed by atoms with Crippen molar-refractivity contribution >= 4 is 46.3 Å². The minimum atomic E-state index is -0.126. The number of nitrogens with one attached hydrogen (secondary N) is 1. The van der Waals surface area contributed by atoms with Gasteiger partial charge in [0.2, 0.25) is 5.91 Å². The summed E-state index contributed by atoms with van der Waals surface area (Å²) in [5, 5.41) is 15.1. The fourth-order valence-electron chi connectivity index (χ4n) is 3.01. The third-order valence-electron chi connectivity index (χ3n) is 4.36. The minimum Gasteiger partial charge on any atom is -0.324 e. The van der Waals surface area contributed by atoms with Crippen LogP contribution in [-0.4, -0.2) is 26.4 Å². The second kappa shape index (κ2) is 9.11. The largest absolute Gasteiger partial charge is 0.324 e. The van der Waals surface area contributed by atoms with E-state index < -0.39 is 0 Å². The van der Waals surface area contributed by atoms with Gasteiger partial charge in [0.05, 0.1) is 16.5 Å². The predicted octanol–water partition coefficient (Wildman–Crippen LogP) is 5.84. The van der Waals surface area contributed by atoms with Crippen LogP contribution in [0.15, 0.2) is 34.8 Å². The van der Waals surface area contributed by atoms with E-state index in [4.69, 9.17) is 11.6 Å². The molecule has 0 aliphatic carbocycles. The Morgan fingerprint density at radius 2 is 2.07 bits per heavy atom. The van der Waals surface area contributed by atoms with Crippen molar-refractivity contribution < 1.29 is 4.79 Å². The standard InChI is InChI=1S/C20H23ClN4OS2/c1-5-14-13(4)27-10-15(14)19-23-24-20(25(19)12(2)3)28-11-18(26)22-17-9-7-6-8-16(17)21/h6-10,12H,5,11H2,1-4H3,(H,22,26). The molecule has 148 valence electrons. The molecular formula is C20H23ClN4OS2. The summed E-state index contributed by atoms with van der Waals surface area (Å²) < 4.78 is 2.11. The molecular weight excluding hydrogens is 412 g/mol. The van der Waals surface area contributed by atoms with Crippen LogP contribution in [0.1, 0.15) is 37.3 Å². The number of aromatic nitrogens is 3. The van der Waals surface area contributed by atoms with E-state index in [1.54, 1.807) is 23.5 Å². The highest BCUT2D eigenvalue weighted by molar-refractivity contribution is 7.99. The van der Waals surface area contributed by atoms with Crippen molar-refractivity contribution in [3.8, 4) is 11.4 Å². The van der Waals surface area contributed by atoms with Crippen LogP contribution in [0.5, 0.6) is 0 Å². The molecule has 1 aromatic carbocycles. The Morgan fingerprint density at radius 1 is 1.32 bits per heavy atom. The molecule has 1 N–H and O–H groups in total. The maximum Gasteiger partial charge on any atom is 0.234 e. The number of carbonyl (C=O) groups is 1. The summed E-state index contributed by atoms with van der Waals surface area (Å²) in [6, 6.07) is 7.38. The lowest BCUT2D eigenvalue weighted by molar-refractivity contribution is -0.113. The number of carbonyl (C=O) groups excluding carboxylic acids is 1. The van der Waals surface area contributed by atoms with Crippen LogP contribution in [-0.2, 0) is 11.2 Å². The van der Waals surface area contributed by atoms with Gasteiger partial charge < -0.3 is 5.32 Å². The summed E-state index contributed by atoms with van der Waals surface area (Å²) in [6.45, 7) is 8.50. The Bertz CT molecular complexity index is 980. The average molecular weight is 435 g/mol. The number of benzene rings is 1. The van der Waals surface area contributed by atoms with E-state index in [-0.39, 0.29) is 17.7 Å². The Balaban J connectivity index is 1.78. The average Bonchev–Trinajstić information content (AvgIpc) is 3.24. The van der Waals surface area contributed by atoms with E-state index >= 15 is 0 Å². The zero-order valence-electron chi connectivity index (χ0n) is 16.3. The summed E-state index contributed by atoms with van der Waals surface area (Å²) in [7, 11) is 0. The van der Waals surface area contributed by atoms with Crippen LogP contribution >= 0.6 is 34.7 Å². The minimum absolute atomic E-state index is 0.126. The number of hydrogen-bond acceptors (Lipinski definition) is 5. The number of thioether (sulfide) groups is 1. The number of halogens is 1. The number of anilines is 1. The lowest BCUT2D eigenvalue weighted by Gasteiger charge is -2.14. The van der Waals surface area contributed by atoms with Crippen molar-refractivity contribution in [3.63, 3.8) is 0 Å². The first-order valence-electron chi connectivity index (χ1n) is 9.11. The highest BCUT2D eigenvalue weighted by Gasteiger charge is 2.21. The molecule has 0 saturated heterocycles. The van der Waals surface area contributed by atoms with E-state index in [2.05, 4.69) is 53.2 Å². The monoisotopic (exact) mass is 434 g/mol. The van der Waals surface area contributed by atoms with Crippen molar-refractivity contribution in [2.45, 2.75) is 45.3 Å². The molecule has 0 atom stereocenters. The Kier molecular flexibility index (Phi) is 6.80. The second-order valence-electron chi connectivity index (χ2n) is 6.62. The summed E-state index contributed by atoms with van der Waals surface area (Å²) in [6.07, 6.45) is 0.957. The molecule has 0 saturated carbocycles. The van der Waals surface area contributed by atoms with Crippen molar-refractivity contribution in [2.75, 3.05) is 11.1 Å². The zero-order valence-corrected chi connectivity index (χ0v) is 18.7. The molecule has 0 fully saturated rings. The predicted molar refractivity (Wildman–Crippen MR) is 119 cm³/mol. The fraction of sp³-hybridized carbons (Fsp3) is 0.350. The Morgan fingerprint density at radius 3 is 2.75 bits per heavy atom. The van der Waals surface area contributed by atoms with Gasteiger partial charge in [0.15, 0.2) is 11.0 Å². The normalized spacial score (nSPS) is 11.2. The number of rotatable bonds is 7. The molecule has 0 aliphatic heterocycles. The SMILES string of the molecule is CCc1c(-c2nnc(SCC(=O)Nc3ccccc3Cl)n2C(C)C)csc1C. The highest BCUT2D eigenvalue weighted by atomic mass is 35.5. The molecule has 0 unspecified atom stereocenters. The lowest BCUT2D eigenvalue weighted by Crippen LogP contribution is -2.15. The fourth-order valence-corrected chi connectivity index (χ4v) is 5.00. The van der Waals surface area contributed by atoms with Crippen molar-refractivity contribution in [3.05, 3.63) is 45.1 Å². The topological polar surface area (TPSA) is 59.8 Å². The van der Waals surface area contributed by atoms with Gasteiger partial charge >= 0.3 is 0 Å². The van der Waals surface area contributed by atoms with E-state index in [1.807, 2.05) is 12.1 Å². The number of aryl methyl sites for hydroxylation is 1. The van der Waals surface area contributed by atoms with Crippen LogP contribution in [0.4, 0.5) is 5.69 Å². The van der Waals surface area contributed by atoms with Gasteiger partial charge in [-0.25, -0.2) is 0 Å². The van der Waals surface area contributed by atoms with E-state index in [1.165, 1.54) is 22.2 Å². The quantitative estimate of drug-likeness (QED) is 0.474.